The van der Waals surface area contributed by atoms with E-state index in [0.29, 0.717) is 18.1 Å². The van der Waals surface area contributed by atoms with Crippen molar-refractivity contribution in [3.63, 3.8) is 0 Å². The number of carbonyl (C=O) groups is 1. The largest absolute Gasteiger partial charge is 0.489 e. The highest BCUT2D eigenvalue weighted by molar-refractivity contribution is 5.80. The van der Waals surface area contributed by atoms with Gasteiger partial charge in [-0.2, -0.15) is 0 Å². The highest BCUT2D eigenvalue weighted by atomic mass is 16.5. The summed E-state index contributed by atoms with van der Waals surface area (Å²) in [5.74, 6) is 6.76. The van der Waals surface area contributed by atoms with Crippen molar-refractivity contribution < 1.29 is 24.1 Å². The molecule has 0 aromatic heterocycles. The molecule has 4 rings (SSSR count). The molecule has 1 fully saturated rings. The van der Waals surface area contributed by atoms with Crippen LogP contribution in [0.4, 0.5) is 0 Å². The molecule has 196 valence electrons. The molecule has 0 spiro atoms. The fraction of sp³-hybridized carbons (Fsp3) is 0.281. The summed E-state index contributed by atoms with van der Waals surface area (Å²) in [6, 6.07) is 23.9. The van der Waals surface area contributed by atoms with Crippen LogP contribution in [0.15, 0.2) is 78.9 Å². The monoisotopic (exact) mass is 511 g/mol. The third-order valence-electron chi connectivity index (χ3n) is 6.26. The summed E-state index contributed by atoms with van der Waals surface area (Å²) in [4.78, 5) is 13.4. The summed E-state index contributed by atoms with van der Waals surface area (Å²) in [5.41, 5.74) is 5.06. The number of morpholine rings is 1. The van der Waals surface area contributed by atoms with E-state index in [0.717, 1.165) is 60.7 Å². The first-order chi connectivity index (χ1) is 18.5. The minimum atomic E-state index is -1.00. The molecule has 3 aromatic rings. The van der Waals surface area contributed by atoms with Gasteiger partial charge in [0.25, 0.3) is 0 Å². The van der Waals surface area contributed by atoms with Gasteiger partial charge in [-0.25, -0.2) is 4.79 Å². The molecule has 1 atom stereocenters. The number of hydrogen-bond acceptors (Lipinski definition) is 5. The molecule has 6 heteroatoms. The normalized spacial score (nSPS) is 14.7. The Balaban J connectivity index is 1.44. The molecule has 1 N–H and O–H groups in total. The second-order valence-electron chi connectivity index (χ2n) is 9.09. The van der Waals surface area contributed by atoms with E-state index in [9.17, 15) is 4.79 Å². The minimum Gasteiger partial charge on any atom is -0.489 e. The van der Waals surface area contributed by atoms with Crippen LogP contribution >= 0.6 is 0 Å². The Kier molecular flexibility index (Phi) is 9.58. The van der Waals surface area contributed by atoms with Crippen molar-refractivity contribution in [3.8, 4) is 23.3 Å². The molecule has 1 unspecified atom stereocenters. The Morgan fingerprint density at radius 1 is 1.05 bits per heavy atom. The molecular weight excluding hydrogens is 478 g/mol. The van der Waals surface area contributed by atoms with Gasteiger partial charge >= 0.3 is 5.97 Å². The van der Waals surface area contributed by atoms with Crippen molar-refractivity contribution >= 4 is 11.5 Å². The Labute approximate surface area is 224 Å². The van der Waals surface area contributed by atoms with Crippen LogP contribution in [0, 0.1) is 18.8 Å². The number of carboxylic acid groups (broad SMARTS) is 1. The van der Waals surface area contributed by atoms with Crippen LogP contribution in [0.2, 0.25) is 0 Å². The summed E-state index contributed by atoms with van der Waals surface area (Å²) in [5, 5.41) is 9.08. The van der Waals surface area contributed by atoms with Crippen LogP contribution in [0.1, 0.15) is 29.2 Å². The van der Waals surface area contributed by atoms with Crippen molar-refractivity contribution in [2.75, 3.05) is 39.5 Å². The molecule has 1 aliphatic rings. The van der Waals surface area contributed by atoms with Crippen molar-refractivity contribution in [2.24, 2.45) is 0 Å². The second kappa shape index (κ2) is 13.5. The van der Waals surface area contributed by atoms with E-state index in [2.05, 4.69) is 59.2 Å². The zero-order valence-electron chi connectivity index (χ0n) is 21.9. The predicted octanol–water partition coefficient (Wildman–Crippen LogP) is 5.04. The Hall–Kier alpha value is -4.05. The molecule has 0 aliphatic carbocycles. The summed E-state index contributed by atoms with van der Waals surface area (Å²) in [6.07, 6.45) is 1.15. The van der Waals surface area contributed by atoms with Gasteiger partial charge in [-0.15, -0.1) is 0 Å². The molecule has 0 amide bonds. The second-order valence-corrected chi connectivity index (χ2v) is 9.09. The fourth-order valence-electron chi connectivity index (χ4n) is 4.07. The number of aryl methyl sites for hydroxylation is 1. The lowest BCUT2D eigenvalue weighted by Gasteiger charge is -2.24. The van der Waals surface area contributed by atoms with Gasteiger partial charge in [0, 0.05) is 18.7 Å². The van der Waals surface area contributed by atoms with Gasteiger partial charge in [0.15, 0.2) is 6.10 Å². The van der Waals surface area contributed by atoms with Gasteiger partial charge in [-0.05, 0) is 72.5 Å². The standard InChI is InChI=1S/C32H33NO5/c1-24-23-29(14-15-31(24)38-25(2)32(34)35)37-20-16-30(27-8-4-3-5-9-27)28-12-10-26(11-13-28)7-6-17-33-18-21-36-22-19-33/h3-5,8-16,23,25H,17-22H2,1-2H3,(H,34,35)/b30-16+. The van der Waals surface area contributed by atoms with Gasteiger partial charge in [0.05, 0.1) is 19.8 Å². The van der Waals surface area contributed by atoms with Crippen molar-refractivity contribution in [3.05, 3.63) is 101 Å². The summed E-state index contributed by atoms with van der Waals surface area (Å²) in [7, 11) is 0. The minimum absolute atomic E-state index is 0.372. The van der Waals surface area contributed by atoms with Crippen molar-refractivity contribution in [2.45, 2.75) is 20.0 Å². The lowest BCUT2D eigenvalue weighted by molar-refractivity contribution is -0.144. The molecule has 6 nitrogen and oxygen atoms in total. The third kappa shape index (κ3) is 7.72. The zero-order valence-corrected chi connectivity index (χ0v) is 21.9. The van der Waals surface area contributed by atoms with Crippen molar-refractivity contribution in [1.29, 1.82) is 0 Å². The van der Waals surface area contributed by atoms with Crippen LogP contribution in [-0.4, -0.2) is 61.5 Å². The first-order valence-corrected chi connectivity index (χ1v) is 12.8. The van der Waals surface area contributed by atoms with Crippen molar-refractivity contribution in [1.82, 2.24) is 4.90 Å². The summed E-state index contributed by atoms with van der Waals surface area (Å²) in [6.45, 7) is 7.92. The maximum absolute atomic E-state index is 11.1. The first kappa shape index (κ1) is 27.0. The van der Waals surface area contributed by atoms with E-state index < -0.39 is 12.1 Å². The van der Waals surface area contributed by atoms with Gasteiger partial charge in [-0.3, -0.25) is 4.90 Å². The lowest BCUT2D eigenvalue weighted by Crippen LogP contribution is -2.36. The molecule has 1 heterocycles. The SMILES string of the molecule is Cc1cc(OC/C=C(\c2ccccc2)c2ccc(C#CCN3CCOCC3)cc2)ccc1OC(C)C(=O)O. The van der Waals surface area contributed by atoms with Crippen LogP contribution in [0.3, 0.4) is 0 Å². The van der Waals surface area contributed by atoms with Crippen LogP contribution in [-0.2, 0) is 9.53 Å². The van der Waals surface area contributed by atoms with Gasteiger partial charge < -0.3 is 19.3 Å². The Morgan fingerprint density at radius 3 is 2.45 bits per heavy atom. The Bertz CT molecular complexity index is 1300. The van der Waals surface area contributed by atoms with E-state index in [1.807, 2.05) is 31.2 Å². The summed E-state index contributed by atoms with van der Waals surface area (Å²) < 4.78 is 16.9. The maximum atomic E-state index is 11.1. The molecule has 3 aromatic carbocycles. The van der Waals surface area contributed by atoms with E-state index in [-0.39, 0.29) is 0 Å². The van der Waals surface area contributed by atoms with Crippen LogP contribution in [0.5, 0.6) is 11.5 Å². The Morgan fingerprint density at radius 2 is 1.76 bits per heavy atom. The summed E-state index contributed by atoms with van der Waals surface area (Å²) >= 11 is 0. The van der Waals surface area contributed by atoms with Gasteiger partial charge in [-0.1, -0.05) is 54.3 Å². The molecule has 1 saturated heterocycles. The van der Waals surface area contributed by atoms with E-state index in [4.69, 9.17) is 19.3 Å². The molecule has 0 bridgehead atoms. The number of hydrogen-bond donors (Lipinski definition) is 1. The molecular formula is C32H33NO5. The number of ether oxygens (including phenoxy) is 3. The van der Waals surface area contributed by atoms with Gasteiger partial charge in [0.1, 0.15) is 18.1 Å². The average Bonchev–Trinajstić information content (AvgIpc) is 2.94. The molecule has 1 aliphatic heterocycles. The first-order valence-electron chi connectivity index (χ1n) is 12.8. The third-order valence-corrected chi connectivity index (χ3v) is 6.26. The number of nitrogens with zero attached hydrogens (tertiary/aromatic N) is 1. The number of benzene rings is 3. The van der Waals surface area contributed by atoms with Gasteiger partial charge in [0.2, 0.25) is 0 Å². The number of rotatable bonds is 9. The predicted molar refractivity (Wildman–Crippen MR) is 148 cm³/mol. The maximum Gasteiger partial charge on any atom is 0.344 e. The molecule has 38 heavy (non-hydrogen) atoms. The topological polar surface area (TPSA) is 68.2 Å². The average molecular weight is 512 g/mol. The highest BCUT2D eigenvalue weighted by Gasteiger charge is 2.14. The van der Waals surface area contributed by atoms with E-state index >= 15 is 0 Å². The number of carboxylic acids is 1. The zero-order chi connectivity index (χ0) is 26.7. The molecule has 0 radical (unpaired) electrons. The number of aliphatic carboxylic acids is 1. The van der Waals surface area contributed by atoms with Crippen LogP contribution in [0.25, 0.3) is 5.57 Å². The van der Waals surface area contributed by atoms with E-state index in [1.165, 1.54) is 6.92 Å². The smallest absolute Gasteiger partial charge is 0.344 e. The lowest BCUT2D eigenvalue weighted by atomic mass is 9.97. The molecule has 0 saturated carbocycles. The quantitative estimate of drug-likeness (QED) is 0.406. The highest BCUT2D eigenvalue weighted by Crippen LogP contribution is 2.26. The van der Waals surface area contributed by atoms with Crippen LogP contribution < -0.4 is 9.47 Å². The fourth-order valence-corrected chi connectivity index (χ4v) is 4.07. The van der Waals surface area contributed by atoms with E-state index in [1.54, 1.807) is 12.1 Å².